The van der Waals surface area contributed by atoms with Gasteiger partial charge in [-0.15, -0.1) is 0 Å². The van der Waals surface area contributed by atoms with Crippen LogP contribution in [0, 0.1) is 5.92 Å². The molecule has 0 heterocycles. The standard InChI is InChI=1S/C10H15Cl/c1-5-9(7-8(3)4)10(11)6-2/h5-6,8H,1-2,7H2,3-4H3/b10-9-. The first kappa shape index (κ1) is 10.5. The average molecular weight is 171 g/mol. The molecule has 0 radical (unpaired) electrons. The summed E-state index contributed by atoms with van der Waals surface area (Å²) in [6.45, 7) is 11.6. The highest BCUT2D eigenvalue weighted by molar-refractivity contribution is 6.31. The summed E-state index contributed by atoms with van der Waals surface area (Å²) in [5.41, 5.74) is 1.08. The van der Waals surface area contributed by atoms with Gasteiger partial charge in [0.1, 0.15) is 0 Å². The molecule has 0 aromatic carbocycles. The van der Waals surface area contributed by atoms with E-state index in [1.165, 1.54) is 0 Å². The maximum absolute atomic E-state index is 5.87. The summed E-state index contributed by atoms with van der Waals surface area (Å²) >= 11 is 5.87. The molecule has 0 unspecified atom stereocenters. The Bertz CT molecular complexity index is 175. The summed E-state index contributed by atoms with van der Waals surface area (Å²) in [6, 6.07) is 0. The first-order valence-electron chi connectivity index (χ1n) is 3.75. The van der Waals surface area contributed by atoms with Gasteiger partial charge in [-0.3, -0.25) is 0 Å². The maximum atomic E-state index is 5.87. The van der Waals surface area contributed by atoms with Crippen LogP contribution in [-0.4, -0.2) is 0 Å². The Morgan fingerprint density at radius 3 is 2.18 bits per heavy atom. The van der Waals surface area contributed by atoms with E-state index < -0.39 is 0 Å². The Morgan fingerprint density at radius 1 is 1.36 bits per heavy atom. The van der Waals surface area contributed by atoms with Gasteiger partial charge in [0.25, 0.3) is 0 Å². The second-order valence-electron chi connectivity index (χ2n) is 2.88. The SMILES string of the molecule is C=C/C(Cl)=C(\C=C)CC(C)C. The van der Waals surface area contributed by atoms with Gasteiger partial charge in [0.05, 0.1) is 0 Å². The molecule has 0 saturated carbocycles. The summed E-state index contributed by atoms with van der Waals surface area (Å²) in [7, 11) is 0. The Hall–Kier alpha value is -0.490. The molecule has 0 fully saturated rings. The second kappa shape index (κ2) is 5.20. The van der Waals surface area contributed by atoms with E-state index in [-0.39, 0.29) is 0 Å². The summed E-state index contributed by atoms with van der Waals surface area (Å²) in [5.74, 6) is 0.608. The number of allylic oxidation sites excluding steroid dienone is 4. The van der Waals surface area contributed by atoms with E-state index in [1.54, 1.807) is 12.2 Å². The van der Waals surface area contributed by atoms with Crippen molar-refractivity contribution in [2.45, 2.75) is 20.3 Å². The van der Waals surface area contributed by atoms with Crippen molar-refractivity contribution in [1.29, 1.82) is 0 Å². The van der Waals surface area contributed by atoms with Crippen molar-refractivity contribution < 1.29 is 0 Å². The van der Waals surface area contributed by atoms with E-state index in [0.717, 1.165) is 12.0 Å². The third-order valence-electron chi connectivity index (χ3n) is 1.36. The van der Waals surface area contributed by atoms with Gasteiger partial charge in [-0.25, -0.2) is 0 Å². The van der Waals surface area contributed by atoms with Crippen molar-refractivity contribution in [2.75, 3.05) is 0 Å². The van der Waals surface area contributed by atoms with E-state index in [9.17, 15) is 0 Å². The molecule has 0 saturated heterocycles. The fourth-order valence-electron chi connectivity index (χ4n) is 0.849. The van der Waals surface area contributed by atoms with Crippen molar-refractivity contribution in [3.8, 4) is 0 Å². The summed E-state index contributed by atoms with van der Waals surface area (Å²) < 4.78 is 0. The Balaban J connectivity index is 4.38. The molecular formula is C10H15Cl. The Labute approximate surface area is 74.3 Å². The van der Waals surface area contributed by atoms with Crippen LogP contribution in [0.5, 0.6) is 0 Å². The number of rotatable bonds is 4. The molecule has 0 bridgehead atoms. The molecule has 0 amide bonds. The van der Waals surface area contributed by atoms with Crippen LogP contribution in [0.4, 0.5) is 0 Å². The molecule has 0 aliphatic carbocycles. The minimum atomic E-state index is 0.608. The minimum Gasteiger partial charge on any atom is -0.0987 e. The Morgan fingerprint density at radius 2 is 1.91 bits per heavy atom. The number of halogens is 1. The zero-order valence-electron chi connectivity index (χ0n) is 7.23. The van der Waals surface area contributed by atoms with E-state index in [0.29, 0.717) is 11.0 Å². The minimum absolute atomic E-state index is 0.608. The predicted molar refractivity (Wildman–Crippen MR) is 52.7 cm³/mol. The highest BCUT2D eigenvalue weighted by Crippen LogP contribution is 2.19. The third kappa shape index (κ3) is 4.05. The van der Waals surface area contributed by atoms with Crippen LogP contribution in [0.1, 0.15) is 20.3 Å². The molecule has 1 heteroatoms. The predicted octanol–water partition coefficient (Wildman–Crippen LogP) is 3.90. The molecule has 0 atom stereocenters. The van der Waals surface area contributed by atoms with Crippen molar-refractivity contribution >= 4 is 11.6 Å². The van der Waals surface area contributed by atoms with Crippen LogP contribution in [-0.2, 0) is 0 Å². The summed E-state index contributed by atoms with van der Waals surface area (Å²) in [4.78, 5) is 0. The van der Waals surface area contributed by atoms with Crippen LogP contribution in [0.15, 0.2) is 35.9 Å². The number of hydrogen-bond acceptors (Lipinski definition) is 0. The van der Waals surface area contributed by atoms with E-state index in [4.69, 9.17) is 11.6 Å². The van der Waals surface area contributed by atoms with E-state index in [1.807, 2.05) is 0 Å². The fraction of sp³-hybridized carbons (Fsp3) is 0.400. The van der Waals surface area contributed by atoms with Gasteiger partial charge in [-0.05, 0) is 17.9 Å². The molecule has 0 aromatic rings. The van der Waals surface area contributed by atoms with Crippen LogP contribution in [0.2, 0.25) is 0 Å². The highest BCUT2D eigenvalue weighted by atomic mass is 35.5. The number of hydrogen-bond donors (Lipinski definition) is 0. The molecule has 0 aromatic heterocycles. The maximum Gasteiger partial charge on any atom is 0.0431 e. The lowest BCUT2D eigenvalue weighted by Crippen LogP contribution is -1.90. The molecule has 62 valence electrons. The largest absolute Gasteiger partial charge is 0.0987 e. The fourth-order valence-corrected chi connectivity index (χ4v) is 1.00. The van der Waals surface area contributed by atoms with E-state index >= 15 is 0 Å². The molecule has 0 N–H and O–H groups in total. The van der Waals surface area contributed by atoms with Crippen molar-refractivity contribution in [2.24, 2.45) is 5.92 Å². The van der Waals surface area contributed by atoms with Crippen LogP contribution in [0.3, 0.4) is 0 Å². The smallest absolute Gasteiger partial charge is 0.0431 e. The average Bonchev–Trinajstić information content (AvgIpc) is 1.98. The van der Waals surface area contributed by atoms with Gasteiger partial charge >= 0.3 is 0 Å². The van der Waals surface area contributed by atoms with Gasteiger partial charge in [0, 0.05) is 5.03 Å². The quantitative estimate of drug-likeness (QED) is 0.562. The van der Waals surface area contributed by atoms with Gasteiger partial charge in [-0.1, -0.05) is 50.8 Å². The first-order chi connectivity index (χ1) is 5.11. The molecule has 0 rings (SSSR count). The lowest BCUT2D eigenvalue weighted by atomic mass is 10.0. The van der Waals surface area contributed by atoms with E-state index in [2.05, 4.69) is 27.0 Å². The summed E-state index contributed by atoms with van der Waals surface area (Å²) in [5, 5.41) is 0.716. The van der Waals surface area contributed by atoms with Gasteiger partial charge < -0.3 is 0 Å². The molecule has 0 nitrogen and oxygen atoms in total. The first-order valence-corrected chi connectivity index (χ1v) is 4.13. The van der Waals surface area contributed by atoms with Gasteiger partial charge in [0.2, 0.25) is 0 Å². The molecule has 11 heavy (non-hydrogen) atoms. The van der Waals surface area contributed by atoms with Crippen LogP contribution < -0.4 is 0 Å². The molecular weight excluding hydrogens is 156 g/mol. The topological polar surface area (TPSA) is 0 Å². The lowest BCUT2D eigenvalue weighted by molar-refractivity contribution is 0.649. The lowest BCUT2D eigenvalue weighted by Gasteiger charge is -2.05. The monoisotopic (exact) mass is 170 g/mol. The highest BCUT2D eigenvalue weighted by Gasteiger charge is 2.00. The molecule has 0 spiro atoms. The third-order valence-corrected chi connectivity index (χ3v) is 1.76. The van der Waals surface area contributed by atoms with Crippen molar-refractivity contribution in [1.82, 2.24) is 0 Å². The van der Waals surface area contributed by atoms with Crippen molar-refractivity contribution in [3.63, 3.8) is 0 Å². The zero-order chi connectivity index (χ0) is 8.85. The van der Waals surface area contributed by atoms with Gasteiger partial charge in [0.15, 0.2) is 0 Å². The summed E-state index contributed by atoms with van der Waals surface area (Å²) in [6.07, 6.45) is 4.42. The molecule has 0 aliphatic heterocycles. The van der Waals surface area contributed by atoms with Crippen LogP contribution >= 0.6 is 11.6 Å². The Kier molecular flexibility index (Phi) is 4.97. The van der Waals surface area contributed by atoms with Crippen LogP contribution in [0.25, 0.3) is 0 Å². The van der Waals surface area contributed by atoms with Gasteiger partial charge in [-0.2, -0.15) is 0 Å². The zero-order valence-corrected chi connectivity index (χ0v) is 7.99. The molecule has 0 aliphatic rings. The van der Waals surface area contributed by atoms with Crippen molar-refractivity contribution in [3.05, 3.63) is 35.9 Å². The second-order valence-corrected chi connectivity index (χ2v) is 3.29. The normalized spacial score (nSPS) is 12.7.